The van der Waals surface area contributed by atoms with E-state index in [1.807, 2.05) is 54.8 Å². The smallest absolute Gasteiger partial charge is 0.265 e. The summed E-state index contributed by atoms with van der Waals surface area (Å²) in [5.41, 5.74) is 1.51. The van der Waals surface area contributed by atoms with E-state index in [1.165, 1.54) is 0 Å². The van der Waals surface area contributed by atoms with Crippen molar-refractivity contribution in [3.63, 3.8) is 0 Å². The van der Waals surface area contributed by atoms with E-state index in [4.69, 9.17) is 4.74 Å². The molecule has 0 atom stereocenters. The van der Waals surface area contributed by atoms with Crippen LogP contribution in [0.25, 0.3) is 0 Å². The maximum atomic E-state index is 12.3. The molecule has 24 heavy (non-hydrogen) atoms. The summed E-state index contributed by atoms with van der Waals surface area (Å²) in [7, 11) is 0. The second kappa shape index (κ2) is 7.40. The summed E-state index contributed by atoms with van der Waals surface area (Å²) in [5, 5.41) is 2.91. The molecule has 0 radical (unpaired) electrons. The van der Waals surface area contributed by atoms with E-state index in [-0.39, 0.29) is 24.8 Å². The van der Waals surface area contributed by atoms with Gasteiger partial charge in [0.1, 0.15) is 5.75 Å². The van der Waals surface area contributed by atoms with Crippen molar-refractivity contribution < 1.29 is 14.3 Å². The van der Waals surface area contributed by atoms with Gasteiger partial charge in [0.25, 0.3) is 5.91 Å². The van der Waals surface area contributed by atoms with E-state index in [2.05, 4.69) is 5.32 Å². The van der Waals surface area contributed by atoms with Gasteiger partial charge in [0.2, 0.25) is 5.91 Å². The Hall–Kier alpha value is -2.47. The minimum Gasteiger partial charge on any atom is -0.482 e. The number of ether oxygens (including phenoxy) is 1. The quantitative estimate of drug-likeness (QED) is 0.848. The molecule has 5 nitrogen and oxygen atoms in total. The molecule has 0 aromatic heterocycles. The van der Waals surface area contributed by atoms with Crippen LogP contribution in [0.4, 0.5) is 11.4 Å². The number of anilines is 2. The molecular weight excluding hydrogens is 324 g/mol. The average molecular weight is 342 g/mol. The molecule has 0 aliphatic carbocycles. The number of nitrogens with one attached hydrogen (secondary N) is 1. The maximum Gasteiger partial charge on any atom is 0.265 e. The summed E-state index contributed by atoms with van der Waals surface area (Å²) >= 11 is 1.58. The number of nitrogens with zero attached hydrogens (tertiary/aromatic N) is 1. The van der Waals surface area contributed by atoms with Crippen molar-refractivity contribution in [2.75, 3.05) is 29.6 Å². The summed E-state index contributed by atoms with van der Waals surface area (Å²) in [6, 6.07) is 15.0. The summed E-state index contributed by atoms with van der Waals surface area (Å²) < 4.78 is 5.40. The molecule has 0 saturated heterocycles. The fraction of sp³-hybridized carbons (Fsp3) is 0.222. The number of carbonyl (C=O) groups excluding carboxylic acids is 2. The molecule has 0 bridgehead atoms. The number of hydrogen-bond acceptors (Lipinski definition) is 4. The van der Waals surface area contributed by atoms with E-state index in [9.17, 15) is 9.59 Å². The molecular formula is C18H18N2O3S. The SMILES string of the molecule is CSc1ccccc1NC(=O)CCN1C(=O)COc2ccccc21. The third-order valence-corrected chi connectivity index (χ3v) is 4.55. The van der Waals surface area contributed by atoms with Crippen molar-refractivity contribution in [1.29, 1.82) is 0 Å². The number of rotatable bonds is 5. The van der Waals surface area contributed by atoms with Crippen LogP contribution in [0.15, 0.2) is 53.4 Å². The molecule has 1 N–H and O–H groups in total. The summed E-state index contributed by atoms with van der Waals surface area (Å²) in [6.45, 7) is 0.334. The Balaban J connectivity index is 1.65. The van der Waals surface area contributed by atoms with Gasteiger partial charge < -0.3 is 15.0 Å². The zero-order valence-corrected chi connectivity index (χ0v) is 14.1. The minimum atomic E-state index is -0.133. The van der Waals surface area contributed by atoms with E-state index in [0.29, 0.717) is 18.0 Å². The molecule has 0 fully saturated rings. The van der Waals surface area contributed by atoms with Crippen LogP contribution in [0.2, 0.25) is 0 Å². The van der Waals surface area contributed by atoms with Crippen LogP contribution in [-0.4, -0.2) is 31.2 Å². The zero-order valence-electron chi connectivity index (χ0n) is 13.3. The topological polar surface area (TPSA) is 58.6 Å². The number of thioether (sulfide) groups is 1. The molecule has 1 aliphatic rings. The summed E-state index contributed by atoms with van der Waals surface area (Å²) in [5.74, 6) is 0.421. The van der Waals surface area contributed by atoms with Gasteiger partial charge in [-0.3, -0.25) is 9.59 Å². The van der Waals surface area contributed by atoms with E-state index in [1.54, 1.807) is 16.7 Å². The van der Waals surface area contributed by atoms with Crippen LogP contribution in [0.3, 0.4) is 0 Å². The minimum absolute atomic E-state index is 0.00788. The lowest BCUT2D eigenvalue weighted by molar-refractivity contribution is -0.121. The first-order valence-corrected chi connectivity index (χ1v) is 8.86. The first-order chi connectivity index (χ1) is 11.7. The molecule has 6 heteroatoms. The van der Waals surface area contributed by atoms with E-state index >= 15 is 0 Å². The third kappa shape index (κ3) is 3.54. The van der Waals surface area contributed by atoms with Crippen molar-refractivity contribution in [1.82, 2.24) is 0 Å². The summed E-state index contributed by atoms with van der Waals surface area (Å²) in [6.07, 6.45) is 2.19. The van der Waals surface area contributed by atoms with Gasteiger partial charge in [-0.25, -0.2) is 0 Å². The van der Waals surface area contributed by atoms with Crippen molar-refractivity contribution >= 4 is 35.0 Å². The first kappa shape index (κ1) is 16.4. The first-order valence-electron chi connectivity index (χ1n) is 7.64. The number of benzene rings is 2. The van der Waals surface area contributed by atoms with Gasteiger partial charge in [-0.05, 0) is 30.5 Å². The highest BCUT2D eigenvalue weighted by molar-refractivity contribution is 7.98. The van der Waals surface area contributed by atoms with Crippen molar-refractivity contribution in [3.8, 4) is 5.75 Å². The monoisotopic (exact) mass is 342 g/mol. The van der Waals surface area contributed by atoms with Crippen LogP contribution in [0.1, 0.15) is 6.42 Å². The molecule has 1 aliphatic heterocycles. The Labute approximate surface area is 145 Å². The predicted octanol–water partition coefficient (Wildman–Crippen LogP) is 3.16. The van der Waals surface area contributed by atoms with E-state index < -0.39 is 0 Å². The molecule has 0 saturated carbocycles. The second-order valence-corrected chi connectivity index (χ2v) is 6.15. The van der Waals surface area contributed by atoms with Crippen LogP contribution in [-0.2, 0) is 9.59 Å². The van der Waals surface area contributed by atoms with Crippen molar-refractivity contribution in [2.24, 2.45) is 0 Å². The van der Waals surface area contributed by atoms with Crippen LogP contribution >= 0.6 is 11.8 Å². The molecule has 2 aromatic rings. The third-order valence-electron chi connectivity index (χ3n) is 3.75. The Morgan fingerprint density at radius 1 is 1.21 bits per heavy atom. The molecule has 124 valence electrons. The average Bonchev–Trinajstić information content (AvgIpc) is 2.61. The number of para-hydroxylation sites is 3. The molecule has 2 aromatic carbocycles. The van der Waals surface area contributed by atoms with Gasteiger partial charge in [0, 0.05) is 17.9 Å². The lowest BCUT2D eigenvalue weighted by Gasteiger charge is -2.29. The van der Waals surface area contributed by atoms with Crippen LogP contribution in [0, 0.1) is 0 Å². The van der Waals surface area contributed by atoms with Crippen LogP contribution < -0.4 is 15.0 Å². The highest BCUT2D eigenvalue weighted by Gasteiger charge is 2.25. The van der Waals surface area contributed by atoms with E-state index in [0.717, 1.165) is 10.6 Å². The van der Waals surface area contributed by atoms with Gasteiger partial charge in [-0.2, -0.15) is 0 Å². The Morgan fingerprint density at radius 2 is 1.96 bits per heavy atom. The lowest BCUT2D eigenvalue weighted by Crippen LogP contribution is -2.40. The fourth-order valence-electron chi connectivity index (χ4n) is 2.57. The van der Waals surface area contributed by atoms with Gasteiger partial charge in [-0.15, -0.1) is 11.8 Å². The highest BCUT2D eigenvalue weighted by atomic mass is 32.2. The molecule has 3 rings (SSSR count). The maximum absolute atomic E-state index is 12.3. The number of fused-ring (bicyclic) bond motifs is 1. The van der Waals surface area contributed by atoms with Gasteiger partial charge in [-0.1, -0.05) is 24.3 Å². The Kier molecular flexibility index (Phi) is 5.05. The Morgan fingerprint density at radius 3 is 2.79 bits per heavy atom. The molecule has 0 unspecified atom stereocenters. The highest BCUT2D eigenvalue weighted by Crippen LogP contribution is 2.31. The predicted molar refractivity (Wildman–Crippen MR) is 95.8 cm³/mol. The normalized spacial score (nSPS) is 13.2. The van der Waals surface area contributed by atoms with Crippen molar-refractivity contribution in [3.05, 3.63) is 48.5 Å². The zero-order chi connectivity index (χ0) is 16.9. The number of carbonyl (C=O) groups is 2. The van der Waals surface area contributed by atoms with Crippen molar-refractivity contribution in [2.45, 2.75) is 11.3 Å². The summed E-state index contributed by atoms with van der Waals surface area (Å²) in [4.78, 5) is 27.0. The number of amides is 2. The largest absolute Gasteiger partial charge is 0.482 e. The van der Waals surface area contributed by atoms with Gasteiger partial charge in [0.15, 0.2) is 6.61 Å². The Bertz CT molecular complexity index is 763. The number of hydrogen-bond donors (Lipinski definition) is 1. The fourth-order valence-corrected chi connectivity index (χ4v) is 3.13. The molecule has 1 heterocycles. The van der Waals surface area contributed by atoms with Gasteiger partial charge >= 0.3 is 0 Å². The standard InChI is InChI=1S/C18H18N2O3S/c1-24-16-9-5-2-6-13(16)19-17(21)10-11-20-14-7-3-4-8-15(14)23-12-18(20)22/h2-9H,10-12H2,1H3,(H,19,21). The molecule has 0 spiro atoms. The second-order valence-electron chi connectivity index (χ2n) is 5.30. The molecule has 2 amide bonds. The van der Waals surface area contributed by atoms with Crippen LogP contribution in [0.5, 0.6) is 5.75 Å². The lowest BCUT2D eigenvalue weighted by atomic mass is 10.2. The van der Waals surface area contributed by atoms with Gasteiger partial charge in [0.05, 0.1) is 11.4 Å².